The molecule has 1 heterocycles. The van der Waals surface area contributed by atoms with Gasteiger partial charge in [-0.2, -0.15) is 0 Å². The lowest BCUT2D eigenvalue weighted by Crippen LogP contribution is -2.59. The maximum absolute atomic E-state index is 3.44. The van der Waals surface area contributed by atoms with Crippen molar-refractivity contribution in [3.8, 4) is 0 Å². The van der Waals surface area contributed by atoms with Crippen molar-refractivity contribution >= 4 is 22.7 Å². The first-order chi connectivity index (χ1) is 15.5. The highest BCUT2D eigenvalue weighted by molar-refractivity contribution is 5.79. The summed E-state index contributed by atoms with van der Waals surface area (Å²) in [5, 5.41) is 3.44. The number of fused-ring (bicyclic) bond motifs is 1. The fourth-order valence-electron chi connectivity index (χ4n) is 5.16. The van der Waals surface area contributed by atoms with Crippen LogP contribution in [0.25, 0.3) is 0 Å². The van der Waals surface area contributed by atoms with E-state index in [2.05, 4.69) is 124 Å². The lowest BCUT2D eigenvalue weighted by atomic mass is 9.93. The minimum atomic E-state index is 0.172. The van der Waals surface area contributed by atoms with E-state index >= 15 is 0 Å². The Balaban J connectivity index is 2.12. The van der Waals surface area contributed by atoms with Gasteiger partial charge in [0.2, 0.25) is 0 Å². The summed E-state index contributed by atoms with van der Waals surface area (Å²) in [4.78, 5) is 7.97. The fourth-order valence-corrected chi connectivity index (χ4v) is 5.16. The summed E-state index contributed by atoms with van der Waals surface area (Å²) in [6.45, 7) is 21.9. The number of rotatable bonds is 8. The number of hydrogen-bond donors (Lipinski definition) is 1. The van der Waals surface area contributed by atoms with Crippen LogP contribution in [0.2, 0.25) is 0 Å². The number of para-hydroxylation sites is 4. The Hall–Kier alpha value is -2.36. The average molecular weight is 451 g/mol. The Kier molecular flexibility index (Phi) is 7.55. The minimum Gasteiger partial charge on any atom is -0.386 e. The molecule has 2 atom stereocenters. The summed E-state index contributed by atoms with van der Waals surface area (Å²) in [7, 11) is 2.03. The van der Waals surface area contributed by atoms with Gasteiger partial charge in [0.15, 0.2) is 0 Å². The Morgan fingerprint density at radius 1 is 0.879 bits per heavy atom. The van der Waals surface area contributed by atoms with Gasteiger partial charge in [-0.05, 0) is 48.4 Å². The number of nitrogens with zero attached hydrogens (tertiary/aromatic N) is 3. The predicted octanol–water partition coefficient (Wildman–Crippen LogP) is 7.08. The summed E-state index contributed by atoms with van der Waals surface area (Å²) < 4.78 is 0. The normalized spacial score (nSPS) is 17.2. The molecule has 1 aliphatic rings. The van der Waals surface area contributed by atoms with Crippen LogP contribution in [0.15, 0.2) is 48.5 Å². The van der Waals surface area contributed by atoms with Gasteiger partial charge in [0.1, 0.15) is 6.17 Å². The molecular weight excluding hydrogens is 404 g/mol. The predicted molar refractivity (Wildman–Crippen MR) is 147 cm³/mol. The zero-order chi connectivity index (χ0) is 24.4. The van der Waals surface area contributed by atoms with E-state index in [-0.39, 0.29) is 17.0 Å². The van der Waals surface area contributed by atoms with Crippen LogP contribution in [-0.4, -0.2) is 38.9 Å². The Bertz CT molecular complexity index is 908. The topological polar surface area (TPSA) is 21.8 Å². The molecule has 2 aromatic carbocycles. The second-order valence-corrected chi connectivity index (χ2v) is 12.0. The summed E-state index contributed by atoms with van der Waals surface area (Å²) in [5.41, 5.74) is 5.59. The second-order valence-electron chi connectivity index (χ2n) is 12.0. The summed E-state index contributed by atoms with van der Waals surface area (Å²) in [5.74, 6) is 0. The van der Waals surface area contributed by atoms with Gasteiger partial charge >= 0.3 is 0 Å². The highest BCUT2D eigenvalue weighted by Crippen LogP contribution is 2.44. The molecule has 1 N–H and O–H groups in total. The van der Waals surface area contributed by atoms with Gasteiger partial charge in [0, 0.05) is 26.7 Å². The maximum Gasteiger partial charge on any atom is 0.122 e. The van der Waals surface area contributed by atoms with Crippen LogP contribution in [0, 0.1) is 10.8 Å². The lowest BCUT2D eigenvalue weighted by molar-refractivity contribution is 0.347. The molecule has 182 valence electrons. The molecule has 4 nitrogen and oxygen atoms in total. The van der Waals surface area contributed by atoms with Crippen molar-refractivity contribution in [2.45, 2.75) is 74.0 Å². The molecule has 33 heavy (non-hydrogen) atoms. The molecule has 0 spiro atoms. The van der Waals surface area contributed by atoms with Crippen LogP contribution >= 0.6 is 0 Å². The first-order valence-corrected chi connectivity index (χ1v) is 12.6. The maximum atomic E-state index is 3.44. The average Bonchev–Trinajstić information content (AvgIpc) is 3.03. The van der Waals surface area contributed by atoms with Gasteiger partial charge in [-0.1, -0.05) is 72.7 Å². The number of anilines is 4. The van der Waals surface area contributed by atoms with Crippen molar-refractivity contribution in [1.29, 1.82) is 0 Å². The smallest absolute Gasteiger partial charge is 0.122 e. The molecular formula is C29H46N4. The van der Waals surface area contributed by atoms with Crippen LogP contribution in [0.5, 0.6) is 0 Å². The minimum absolute atomic E-state index is 0.172. The van der Waals surface area contributed by atoms with E-state index < -0.39 is 0 Å². The molecule has 4 heteroatoms. The van der Waals surface area contributed by atoms with Crippen LogP contribution in [0.4, 0.5) is 22.7 Å². The van der Waals surface area contributed by atoms with Crippen molar-refractivity contribution < 1.29 is 0 Å². The van der Waals surface area contributed by atoms with Gasteiger partial charge in [0.05, 0.1) is 28.8 Å². The molecule has 1 aliphatic heterocycles. The van der Waals surface area contributed by atoms with Crippen molar-refractivity contribution in [3.05, 3.63) is 48.5 Å². The molecule has 0 aliphatic carbocycles. The molecule has 2 aromatic rings. The molecule has 0 saturated heterocycles. The Morgan fingerprint density at radius 3 is 2.00 bits per heavy atom. The van der Waals surface area contributed by atoms with E-state index in [0.29, 0.717) is 6.04 Å². The summed E-state index contributed by atoms with van der Waals surface area (Å²) in [6.07, 6.45) is 1.40. The Labute approximate surface area is 203 Å². The van der Waals surface area contributed by atoms with E-state index in [1.807, 2.05) is 7.05 Å². The third-order valence-electron chi connectivity index (χ3n) is 6.30. The second kappa shape index (κ2) is 9.87. The van der Waals surface area contributed by atoms with Gasteiger partial charge in [0.25, 0.3) is 0 Å². The van der Waals surface area contributed by atoms with Crippen molar-refractivity contribution in [2.75, 3.05) is 46.7 Å². The number of benzene rings is 2. The molecule has 0 saturated carbocycles. The van der Waals surface area contributed by atoms with Crippen molar-refractivity contribution in [1.82, 2.24) is 0 Å². The van der Waals surface area contributed by atoms with E-state index in [9.17, 15) is 0 Å². The Morgan fingerprint density at radius 2 is 1.45 bits per heavy atom. The monoisotopic (exact) mass is 450 g/mol. The highest BCUT2D eigenvalue weighted by atomic mass is 15.5. The zero-order valence-electron chi connectivity index (χ0n) is 22.4. The first-order valence-electron chi connectivity index (χ1n) is 12.6. The van der Waals surface area contributed by atoms with E-state index in [1.165, 1.54) is 22.7 Å². The molecule has 0 aromatic heterocycles. The standard InChI is InChI=1S/C29H46N4/c1-10-19-31-25-17-13-14-18-26(25)33(21-29(6,7)8)27(31)22(2)32(20-28(3,4)5)24-16-12-11-15-23(24)30-9/h11-18,22,27,30H,10,19-21H2,1-9H3. The van der Waals surface area contributed by atoms with Gasteiger partial charge in [-0.15, -0.1) is 0 Å². The van der Waals surface area contributed by atoms with E-state index in [0.717, 1.165) is 26.1 Å². The van der Waals surface area contributed by atoms with E-state index in [1.54, 1.807) is 0 Å². The number of nitrogens with one attached hydrogen (secondary N) is 1. The quantitative estimate of drug-likeness (QED) is 0.464. The SMILES string of the molecule is CCCN1c2ccccc2N(CC(C)(C)C)C1C(C)N(CC(C)(C)C)c1ccccc1NC. The molecule has 2 unspecified atom stereocenters. The van der Waals surface area contributed by atoms with Gasteiger partial charge in [-0.3, -0.25) is 0 Å². The third-order valence-corrected chi connectivity index (χ3v) is 6.30. The summed E-state index contributed by atoms with van der Waals surface area (Å²) in [6, 6.07) is 18.0. The third kappa shape index (κ3) is 5.77. The highest BCUT2D eigenvalue weighted by Gasteiger charge is 2.42. The molecule has 0 fully saturated rings. The van der Waals surface area contributed by atoms with Crippen LogP contribution in [-0.2, 0) is 0 Å². The lowest BCUT2D eigenvalue weighted by Gasteiger charge is -2.46. The van der Waals surface area contributed by atoms with Crippen LogP contribution < -0.4 is 20.0 Å². The fraction of sp³-hybridized carbons (Fsp3) is 0.586. The van der Waals surface area contributed by atoms with Gasteiger partial charge < -0.3 is 20.0 Å². The number of hydrogen-bond acceptors (Lipinski definition) is 4. The summed E-state index contributed by atoms with van der Waals surface area (Å²) >= 11 is 0. The zero-order valence-corrected chi connectivity index (χ0v) is 22.4. The van der Waals surface area contributed by atoms with Crippen molar-refractivity contribution in [2.24, 2.45) is 10.8 Å². The van der Waals surface area contributed by atoms with Crippen LogP contribution in [0.1, 0.15) is 61.8 Å². The largest absolute Gasteiger partial charge is 0.386 e. The molecule has 3 rings (SSSR count). The van der Waals surface area contributed by atoms with Crippen molar-refractivity contribution in [3.63, 3.8) is 0 Å². The molecule has 0 bridgehead atoms. The molecule has 0 radical (unpaired) electrons. The van der Waals surface area contributed by atoms with E-state index in [4.69, 9.17) is 0 Å². The van der Waals surface area contributed by atoms with Crippen LogP contribution in [0.3, 0.4) is 0 Å². The van der Waals surface area contributed by atoms with Gasteiger partial charge in [-0.25, -0.2) is 0 Å². The molecule has 0 amide bonds. The first kappa shape index (κ1) is 25.3.